The number of anilines is 1. The zero-order valence-corrected chi connectivity index (χ0v) is 24.2. The summed E-state index contributed by atoms with van der Waals surface area (Å²) in [5.41, 5.74) is 3.27. The first kappa shape index (κ1) is 28.3. The first-order valence-corrected chi connectivity index (χ1v) is 14.5. The van der Waals surface area contributed by atoms with Crippen molar-refractivity contribution in [2.45, 2.75) is 24.3 Å². The number of methoxy groups -OCH3 is 2. The molecule has 0 saturated carbocycles. The summed E-state index contributed by atoms with van der Waals surface area (Å²) in [6.07, 6.45) is 1.38. The quantitative estimate of drug-likeness (QED) is 0.412. The van der Waals surface area contributed by atoms with Crippen LogP contribution in [0.25, 0.3) is 10.9 Å². The van der Waals surface area contributed by atoms with Gasteiger partial charge < -0.3 is 39.4 Å². The van der Waals surface area contributed by atoms with E-state index in [1.54, 1.807) is 14.2 Å². The predicted molar refractivity (Wildman–Crippen MR) is 158 cm³/mol. The van der Waals surface area contributed by atoms with Crippen LogP contribution in [0, 0.1) is 0 Å². The first-order valence-electron chi connectivity index (χ1n) is 14.5. The van der Waals surface area contributed by atoms with E-state index in [2.05, 4.69) is 21.3 Å². The fourth-order valence-corrected chi connectivity index (χ4v) is 6.73. The van der Waals surface area contributed by atoms with E-state index in [4.69, 9.17) is 14.2 Å². The summed E-state index contributed by atoms with van der Waals surface area (Å²) in [6, 6.07) is 12.6. The van der Waals surface area contributed by atoms with Gasteiger partial charge in [0.25, 0.3) is 0 Å². The summed E-state index contributed by atoms with van der Waals surface area (Å²) in [7, 11) is 3.25. The molecule has 3 aliphatic heterocycles. The number of hydrogen-bond donors (Lipinski definition) is 3. The van der Waals surface area contributed by atoms with Gasteiger partial charge in [0, 0.05) is 66.5 Å². The maximum atomic E-state index is 13.8. The summed E-state index contributed by atoms with van der Waals surface area (Å²) in [5.74, 6) is 1.46. The van der Waals surface area contributed by atoms with Gasteiger partial charge in [0.2, 0.25) is 5.91 Å². The number of H-pyrrole nitrogens is 1. The Morgan fingerprint density at radius 2 is 1.71 bits per heavy atom. The molecule has 11 heteroatoms. The second kappa shape index (κ2) is 11.8. The Morgan fingerprint density at radius 1 is 1.02 bits per heavy atom. The highest BCUT2D eigenvalue weighted by Crippen LogP contribution is 2.49. The minimum absolute atomic E-state index is 0.00288. The van der Waals surface area contributed by atoms with Gasteiger partial charge in [-0.05, 0) is 54.8 Å². The van der Waals surface area contributed by atoms with Gasteiger partial charge in [-0.2, -0.15) is 0 Å². The number of aliphatic hydroxyl groups is 1. The number of rotatable bonds is 6. The van der Waals surface area contributed by atoms with E-state index >= 15 is 0 Å². The second-order valence-electron chi connectivity index (χ2n) is 11.4. The molecular formula is C31H39N5O6. The van der Waals surface area contributed by atoms with E-state index in [0.717, 1.165) is 33.7 Å². The van der Waals surface area contributed by atoms with Crippen molar-refractivity contribution < 1.29 is 28.9 Å². The summed E-state index contributed by atoms with van der Waals surface area (Å²) in [4.78, 5) is 36.4. The third kappa shape index (κ3) is 5.28. The van der Waals surface area contributed by atoms with Crippen LogP contribution in [-0.4, -0.2) is 110 Å². The van der Waals surface area contributed by atoms with Crippen LogP contribution in [0.15, 0.2) is 42.5 Å². The lowest BCUT2D eigenvalue weighted by Gasteiger charge is -2.50. The minimum atomic E-state index is -0.478. The highest BCUT2D eigenvalue weighted by molar-refractivity contribution is 5.91. The van der Waals surface area contributed by atoms with E-state index in [-0.39, 0.29) is 30.5 Å². The van der Waals surface area contributed by atoms with Gasteiger partial charge in [-0.15, -0.1) is 0 Å². The monoisotopic (exact) mass is 577 g/mol. The van der Waals surface area contributed by atoms with Gasteiger partial charge in [0.15, 0.2) is 0 Å². The molecular weight excluding hydrogens is 538 g/mol. The number of aliphatic hydroxyl groups excluding tert-OH is 1. The number of carbonyl (C=O) groups is 2. The molecule has 3 aromatic rings. The third-order valence-electron chi connectivity index (χ3n) is 9.05. The molecule has 42 heavy (non-hydrogen) atoms. The molecule has 0 unspecified atom stereocenters. The van der Waals surface area contributed by atoms with Crippen LogP contribution in [0.4, 0.5) is 10.5 Å². The normalized spacial score (nSPS) is 20.4. The second-order valence-corrected chi connectivity index (χ2v) is 11.4. The number of amides is 3. The van der Waals surface area contributed by atoms with Crippen molar-refractivity contribution >= 4 is 28.5 Å². The number of aromatic nitrogens is 1. The summed E-state index contributed by atoms with van der Waals surface area (Å²) < 4.78 is 16.2. The van der Waals surface area contributed by atoms with E-state index < -0.39 is 6.04 Å². The maximum Gasteiger partial charge on any atom is 0.321 e. The van der Waals surface area contributed by atoms with Crippen LogP contribution in [0.1, 0.15) is 30.1 Å². The zero-order chi connectivity index (χ0) is 29.3. The smallest absolute Gasteiger partial charge is 0.321 e. The van der Waals surface area contributed by atoms with Crippen molar-refractivity contribution in [3.8, 4) is 11.5 Å². The standard InChI is InChI=1S/C31H39N5O6/c1-40-22-5-3-21(4-6-22)32-30(39)35-11-9-31(10-12-35)20-36(27(38)18-34-13-15-42-16-14-34)26(19-37)29-28(31)24-8-7-23(41-2)17-25(24)33-29/h3-8,17,26,33,37H,9-16,18-20H2,1-2H3,(H,32,39)/t26-/m0/s1. The molecule has 3 amide bonds. The summed E-state index contributed by atoms with van der Waals surface area (Å²) in [6.45, 7) is 4.33. The van der Waals surface area contributed by atoms with Crippen molar-refractivity contribution in [3.63, 3.8) is 0 Å². The number of ether oxygens (including phenoxy) is 3. The minimum Gasteiger partial charge on any atom is -0.497 e. The van der Waals surface area contributed by atoms with Gasteiger partial charge in [-0.3, -0.25) is 9.69 Å². The molecule has 6 rings (SSSR count). The lowest BCUT2D eigenvalue weighted by atomic mass is 9.68. The molecule has 11 nitrogen and oxygen atoms in total. The molecule has 2 aromatic carbocycles. The maximum absolute atomic E-state index is 13.8. The van der Waals surface area contributed by atoms with Crippen molar-refractivity contribution in [2.75, 3.05) is 78.6 Å². The highest BCUT2D eigenvalue weighted by atomic mass is 16.5. The molecule has 3 aliphatic rings. The van der Waals surface area contributed by atoms with Crippen molar-refractivity contribution in [1.82, 2.24) is 19.7 Å². The Morgan fingerprint density at radius 3 is 2.38 bits per heavy atom. The number of carbonyl (C=O) groups excluding carboxylic acids is 2. The SMILES string of the molecule is COc1ccc(NC(=O)N2CCC3(CC2)CN(C(=O)CN2CCOCC2)[C@@H](CO)c2[nH]c4cc(OC)ccc4c23)cc1. The topological polar surface area (TPSA) is 120 Å². The molecule has 3 N–H and O–H groups in total. The predicted octanol–water partition coefficient (Wildman–Crippen LogP) is 2.96. The van der Waals surface area contributed by atoms with Crippen LogP contribution in [0.2, 0.25) is 0 Å². The summed E-state index contributed by atoms with van der Waals surface area (Å²) >= 11 is 0. The van der Waals surface area contributed by atoms with E-state index in [9.17, 15) is 14.7 Å². The van der Waals surface area contributed by atoms with Crippen LogP contribution in [-0.2, 0) is 14.9 Å². The molecule has 0 radical (unpaired) electrons. The Labute approximate surface area is 245 Å². The molecule has 1 atom stereocenters. The number of nitrogens with one attached hydrogen (secondary N) is 2. The van der Waals surface area contributed by atoms with Gasteiger partial charge in [-0.25, -0.2) is 4.79 Å². The van der Waals surface area contributed by atoms with Gasteiger partial charge in [0.05, 0.1) is 46.6 Å². The molecule has 4 heterocycles. The third-order valence-corrected chi connectivity index (χ3v) is 9.05. The van der Waals surface area contributed by atoms with Crippen molar-refractivity contribution in [3.05, 3.63) is 53.7 Å². The summed E-state index contributed by atoms with van der Waals surface area (Å²) in [5, 5.41) is 14.7. The molecule has 0 bridgehead atoms. The number of piperidine rings is 1. The number of nitrogens with zero attached hydrogens (tertiary/aromatic N) is 3. The van der Waals surface area contributed by atoms with Gasteiger partial charge in [-0.1, -0.05) is 0 Å². The Kier molecular flexibility index (Phi) is 7.98. The van der Waals surface area contributed by atoms with Crippen LogP contribution in [0.3, 0.4) is 0 Å². The molecule has 2 fully saturated rings. The number of fused-ring (bicyclic) bond motifs is 4. The van der Waals surface area contributed by atoms with Crippen LogP contribution in [0.5, 0.6) is 11.5 Å². The molecule has 2 saturated heterocycles. The first-order chi connectivity index (χ1) is 20.4. The fourth-order valence-electron chi connectivity index (χ4n) is 6.73. The molecule has 224 valence electrons. The number of likely N-dealkylation sites (tertiary alicyclic amines) is 1. The lowest BCUT2D eigenvalue weighted by Crippen LogP contribution is -2.57. The van der Waals surface area contributed by atoms with Crippen LogP contribution < -0.4 is 14.8 Å². The number of aromatic amines is 1. The Bertz CT molecular complexity index is 1430. The molecule has 1 aromatic heterocycles. The lowest BCUT2D eigenvalue weighted by molar-refractivity contribution is -0.139. The van der Waals surface area contributed by atoms with Gasteiger partial charge >= 0.3 is 6.03 Å². The van der Waals surface area contributed by atoms with E-state index in [1.165, 1.54) is 0 Å². The number of benzene rings is 2. The van der Waals surface area contributed by atoms with E-state index in [1.807, 2.05) is 46.2 Å². The average molecular weight is 578 g/mol. The number of urea groups is 1. The van der Waals surface area contributed by atoms with Crippen LogP contribution >= 0.6 is 0 Å². The number of morpholine rings is 1. The Balaban J connectivity index is 1.29. The van der Waals surface area contributed by atoms with Crippen molar-refractivity contribution in [2.24, 2.45) is 0 Å². The largest absolute Gasteiger partial charge is 0.497 e. The number of hydrogen-bond acceptors (Lipinski definition) is 7. The molecule has 0 aliphatic carbocycles. The highest BCUT2D eigenvalue weighted by Gasteiger charge is 2.49. The fraction of sp³-hybridized carbons (Fsp3) is 0.484. The van der Waals surface area contributed by atoms with E-state index in [0.29, 0.717) is 64.5 Å². The average Bonchev–Trinajstić information content (AvgIpc) is 3.42. The zero-order valence-electron chi connectivity index (χ0n) is 24.2. The van der Waals surface area contributed by atoms with Crippen molar-refractivity contribution in [1.29, 1.82) is 0 Å². The molecule has 1 spiro atoms. The van der Waals surface area contributed by atoms with Gasteiger partial charge in [0.1, 0.15) is 11.5 Å². The Hall–Kier alpha value is -3.80.